The number of para-hydroxylation sites is 1. The first-order chi connectivity index (χ1) is 9.08. The molecule has 0 radical (unpaired) electrons. The third-order valence-electron chi connectivity index (χ3n) is 2.99. The minimum Gasteiger partial charge on any atom is -0.427 e. The highest BCUT2D eigenvalue weighted by Gasteiger charge is 2.34. The Balaban J connectivity index is 2.11. The molecule has 2 aliphatic heterocycles. The second-order valence-corrected chi connectivity index (χ2v) is 5.35. The first-order valence-corrected chi connectivity index (χ1v) is 6.59. The van der Waals surface area contributed by atoms with Crippen molar-refractivity contribution in [3.05, 3.63) is 46.7 Å². The smallest absolute Gasteiger partial charge is 0.349 e. The number of thioether (sulfide) groups is 1. The molecule has 0 aromatic heterocycles. The van der Waals surface area contributed by atoms with Gasteiger partial charge in [0.25, 0.3) is 0 Å². The maximum Gasteiger partial charge on any atom is 0.349 e. The largest absolute Gasteiger partial charge is 0.427 e. The van der Waals surface area contributed by atoms with E-state index in [0.29, 0.717) is 10.8 Å². The van der Waals surface area contributed by atoms with Crippen LogP contribution in [0.25, 0.3) is 0 Å². The van der Waals surface area contributed by atoms with Gasteiger partial charge >= 0.3 is 5.97 Å². The number of nitrogens with zero attached hydrogens (tertiary/aromatic N) is 1. The van der Waals surface area contributed by atoms with E-state index in [0.717, 1.165) is 10.6 Å². The molecule has 0 N–H and O–H groups in total. The van der Waals surface area contributed by atoms with Crippen LogP contribution >= 0.6 is 11.8 Å². The van der Waals surface area contributed by atoms with E-state index in [1.807, 2.05) is 36.2 Å². The molecule has 1 aromatic rings. The van der Waals surface area contributed by atoms with E-state index in [1.54, 1.807) is 6.92 Å². The highest BCUT2D eigenvalue weighted by Crippen LogP contribution is 2.46. The summed E-state index contributed by atoms with van der Waals surface area (Å²) in [6.07, 6.45) is 1.35. The average molecular weight is 273 g/mol. The first-order valence-electron chi connectivity index (χ1n) is 5.77. The van der Waals surface area contributed by atoms with Gasteiger partial charge in [-0.05, 0) is 19.1 Å². The lowest BCUT2D eigenvalue weighted by molar-refractivity contribution is -0.137. The molecule has 1 aromatic carbocycles. The van der Waals surface area contributed by atoms with E-state index in [4.69, 9.17) is 4.74 Å². The van der Waals surface area contributed by atoms with E-state index >= 15 is 0 Å². The minimum atomic E-state index is -0.577. The highest BCUT2D eigenvalue weighted by molar-refractivity contribution is 8.03. The van der Waals surface area contributed by atoms with E-state index in [1.165, 1.54) is 17.8 Å². The summed E-state index contributed by atoms with van der Waals surface area (Å²) in [6, 6.07) is 7.77. The van der Waals surface area contributed by atoms with Crippen LogP contribution in [-0.2, 0) is 14.3 Å². The van der Waals surface area contributed by atoms with Crippen LogP contribution in [0.15, 0.2) is 51.6 Å². The molecule has 3 rings (SSSR count). The van der Waals surface area contributed by atoms with Crippen LogP contribution in [0.3, 0.4) is 0 Å². The number of hydrogen-bond donors (Lipinski definition) is 0. The Kier molecular flexibility index (Phi) is 2.71. The van der Waals surface area contributed by atoms with Crippen LogP contribution < -0.4 is 4.90 Å². The van der Waals surface area contributed by atoms with Crippen molar-refractivity contribution in [3.63, 3.8) is 0 Å². The Morgan fingerprint density at radius 2 is 1.95 bits per heavy atom. The summed E-state index contributed by atoms with van der Waals surface area (Å²) in [6.45, 7) is 1.59. The zero-order valence-corrected chi connectivity index (χ0v) is 11.3. The highest BCUT2D eigenvalue weighted by atomic mass is 32.2. The van der Waals surface area contributed by atoms with Gasteiger partial charge in [0.2, 0.25) is 0 Å². The van der Waals surface area contributed by atoms with Crippen molar-refractivity contribution in [1.82, 2.24) is 0 Å². The van der Waals surface area contributed by atoms with E-state index in [-0.39, 0.29) is 11.4 Å². The van der Waals surface area contributed by atoms with Crippen molar-refractivity contribution in [2.75, 3.05) is 11.9 Å². The second-order valence-electron chi connectivity index (χ2n) is 4.32. The number of ether oxygens (including phenoxy) is 1. The van der Waals surface area contributed by atoms with Gasteiger partial charge in [0.15, 0.2) is 5.78 Å². The molecule has 0 spiro atoms. The molecule has 2 heterocycles. The molecule has 0 amide bonds. The fourth-order valence-corrected chi connectivity index (χ4v) is 3.28. The standard InChI is InChI=1S/C14H11NO3S/c1-8-7-10(16)12(14(17)18-8)13-15(2)9-5-3-4-6-11(9)19-13/h3-7H,1-2H3/b13-12-. The number of hydrogen-bond acceptors (Lipinski definition) is 5. The molecular weight excluding hydrogens is 262 g/mol. The summed E-state index contributed by atoms with van der Waals surface area (Å²) in [7, 11) is 1.84. The van der Waals surface area contributed by atoms with Gasteiger partial charge in [-0.3, -0.25) is 4.79 Å². The van der Waals surface area contributed by atoms with Gasteiger partial charge in [-0.15, -0.1) is 0 Å². The molecule has 0 bridgehead atoms. The summed E-state index contributed by atoms with van der Waals surface area (Å²) in [5.74, 6) is -0.537. The van der Waals surface area contributed by atoms with Gasteiger partial charge in [-0.25, -0.2) is 4.79 Å². The van der Waals surface area contributed by atoms with Crippen molar-refractivity contribution in [2.45, 2.75) is 11.8 Å². The lowest BCUT2D eigenvalue weighted by Crippen LogP contribution is -2.24. The first kappa shape index (κ1) is 12.0. The van der Waals surface area contributed by atoms with Crippen molar-refractivity contribution in [2.24, 2.45) is 0 Å². The number of ketones is 1. The van der Waals surface area contributed by atoms with E-state index in [9.17, 15) is 9.59 Å². The number of benzene rings is 1. The van der Waals surface area contributed by atoms with Crippen LogP contribution in [0.4, 0.5) is 5.69 Å². The zero-order chi connectivity index (χ0) is 13.6. The third kappa shape index (κ3) is 1.86. The quantitative estimate of drug-likeness (QED) is 0.413. The van der Waals surface area contributed by atoms with Crippen molar-refractivity contribution >= 4 is 29.2 Å². The number of carbonyl (C=O) groups excluding carboxylic acids is 2. The number of fused-ring (bicyclic) bond motifs is 1. The molecule has 2 aliphatic rings. The Bertz CT molecular complexity index is 660. The molecule has 0 aliphatic carbocycles. The molecule has 19 heavy (non-hydrogen) atoms. The molecule has 0 saturated heterocycles. The average Bonchev–Trinajstić information content (AvgIpc) is 2.66. The van der Waals surface area contributed by atoms with Crippen LogP contribution in [0.2, 0.25) is 0 Å². The maximum atomic E-state index is 12.0. The molecule has 96 valence electrons. The number of rotatable bonds is 0. The summed E-state index contributed by atoms with van der Waals surface area (Å²) in [5, 5.41) is 0.625. The lowest BCUT2D eigenvalue weighted by atomic mass is 10.1. The molecular formula is C14H11NO3S. The third-order valence-corrected chi connectivity index (χ3v) is 4.23. The van der Waals surface area contributed by atoms with Crippen molar-refractivity contribution in [1.29, 1.82) is 0 Å². The predicted octanol–water partition coefficient (Wildman–Crippen LogP) is 2.47. The van der Waals surface area contributed by atoms with Crippen molar-refractivity contribution < 1.29 is 14.3 Å². The van der Waals surface area contributed by atoms with Gasteiger partial charge < -0.3 is 9.64 Å². The normalized spacial score (nSPS) is 22.2. The van der Waals surface area contributed by atoms with Gasteiger partial charge in [-0.2, -0.15) is 0 Å². The second kappa shape index (κ2) is 4.28. The van der Waals surface area contributed by atoms with Gasteiger partial charge in [-0.1, -0.05) is 23.9 Å². The van der Waals surface area contributed by atoms with E-state index in [2.05, 4.69) is 0 Å². The minimum absolute atomic E-state index is 0.106. The Morgan fingerprint density at radius 1 is 1.21 bits per heavy atom. The molecule has 0 unspecified atom stereocenters. The van der Waals surface area contributed by atoms with Crippen LogP contribution in [0.5, 0.6) is 0 Å². The maximum absolute atomic E-state index is 12.0. The summed E-state index contributed by atoms with van der Waals surface area (Å²) in [4.78, 5) is 26.8. The SMILES string of the molecule is CC1=CC(=O)/C(=C2/Sc3ccccc3N2C)C(=O)O1. The Morgan fingerprint density at radius 3 is 2.63 bits per heavy atom. The lowest BCUT2D eigenvalue weighted by Gasteiger charge is -2.18. The molecule has 4 nitrogen and oxygen atoms in total. The number of allylic oxidation sites excluding steroid dienone is 2. The van der Waals surface area contributed by atoms with Crippen molar-refractivity contribution in [3.8, 4) is 0 Å². The number of cyclic esters (lactones) is 1. The predicted molar refractivity (Wildman–Crippen MR) is 72.6 cm³/mol. The molecule has 0 fully saturated rings. The zero-order valence-electron chi connectivity index (χ0n) is 10.5. The van der Waals surface area contributed by atoms with Gasteiger partial charge in [0.1, 0.15) is 11.3 Å². The van der Waals surface area contributed by atoms with Crippen LogP contribution in [-0.4, -0.2) is 18.8 Å². The fraction of sp³-hybridized carbons (Fsp3) is 0.143. The Hall–Kier alpha value is -2.01. The molecule has 0 saturated carbocycles. The Labute approximate surface area is 114 Å². The summed E-state index contributed by atoms with van der Waals surface area (Å²) in [5.41, 5.74) is 1.09. The summed E-state index contributed by atoms with van der Waals surface area (Å²) >= 11 is 1.41. The topological polar surface area (TPSA) is 46.6 Å². The van der Waals surface area contributed by atoms with Crippen LogP contribution in [0, 0.1) is 0 Å². The summed E-state index contributed by atoms with van der Waals surface area (Å²) < 4.78 is 5.03. The number of carbonyl (C=O) groups is 2. The monoisotopic (exact) mass is 273 g/mol. The number of esters is 1. The van der Waals surface area contributed by atoms with Gasteiger partial charge in [0.05, 0.1) is 10.7 Å². The van der Waals surface area contributed by atoms with Crippen LogP contribution in [0.1, 0.15) is 6.92 Å². The van der Waals surface area contributed by atoms with E-state index < -0.39 is 5.97 Å². The molecule has 0 atom stereocenters. The fourth-order valence-electron chi connectivity index (χ4n) is 2.10. The van der Waals surface area contributed by atoms with Gasteiger partial charge in [0, 0.05) is 18.0 Å². The number of anilines is 1. The molecule has 5 heteroatoms.